The maximum atomic E-state index is 13.9. The van der Waals surface area contributed by atoms with E-state index >= 15 is 0 Å². The third kappa shape index (κ3) is 2.73. The lowest BCUT2D eigenvalue weighted by Crippen LogP contribution is -2.62. The van der Waals surface area contributed by atoms with Crippen LogP contribution in [-0.2, 0) is 5.72 Å². The van der Waals surface area contributed by atoms with E-state index in [2.05, 4.69) is 5.32 Å². The molecule has 2 amide bonds. The molecule has 0 saturated heterocycles. The van der Waals surface area contributed by atoms with Gasteiger partial charge in [-0.25, -0.2) is 4.79 Å². The summed E-state index contributed by atoms with van der Waals surface area (Å²) in [6.07, 6.45) is -5.13. The van der Waals surface area contributed by atoms with Gasteiger partial charge in [0.25, 0.3) is 5.72 Å². The molecule has 0 spiro atoms. The Labute approximate surface area is 146 Å². The highest BCUT2D eigenvalue weighted by molar-refractivity contribution is 6.30. The number of nitrogens with zero attached hydrogens (tertiary/aromatic N) is 1. The highest BCUT2D eigenvalue weighted by Gasteiger charge is 2.64. The minimum Gasteiger partial charge on any atom is -0.360 e. The average molecular weight is 371 g/mol. The van der Waals surface area contributed by atoms with Gasteiger partial charge < -0.3 is 10.4 Å². The van der Waals surface area contributed by atoms with Crippen molar-refractivity contribution in [1.29, 1.82) is 0 Å². The van der Waals surface area contributed by atoms with E-state index in [4.69, 9.17) is 11.6 Å². The average Bonchev–Trinajstić information content (AvgIpc) is 2.55. The van der Waals surface area contributed by atoms with Gasteiger partial charge in [-0.3, -0.25) is 4.90 Å². The fraction of sp³-hybridized carbons (Fsp3) is 0.235. The van der Waals surface area contributed by atoms with Gasteiger partial charge in [-0.2, -0.15) is 13.2 Å². The Morgan fingerprint density at radius 3 is 2.44 bits per heavy atom. The number of alkyl halides is 3. The number of hydrogen-bond donors (Lipinski definition) is 2. The van der Waals surface area contributed by atoms with Crippen molar-refractivity contribution in [2.45, 2.75) is 24.9 Å². The van der Waals surface area contributed by atoms with Crippen LogP contribution < -0.4 is 5.32 Å². The van der Waals surface area contributed by atoms with E-state index in [1.807, 2.05) is 0 Å². The molecule has 25 heavy (non-hydrogen) atoms. The van der Waals surface area contributed by atoms with Gasteiger partial charge in [-0.1, -0.05) is 41.9 Å². The van der Waals surface area contributed by atoms with E-state index in [0.29, 0.717) is 10.5 Å². The lowest BCUT2D eigenvalue weighted by atomic mass is 9.93. The lowest BCUT2D eigenvalue weighted by Gasteiger charge is -2.47. The molecule has 1 aliphatic rings. The molecule has 3 rings (SSSR count). The van der Waals surface area contributed by atoms with E-state index in [0.717, 1.165) is 6.07 Å². The van der Waals surface area contributed by atoms with Crippen LogP contribution in [0.3, 0.4) is 0 Å². The summed E-state index contributed by atoms with van der Waals surface area (Å²) in [5.41, 5.74) is -3.71. The summed E-state index contributed by atoms with van der Waals surface area (Å²) in [6, 6.07) is 9.66. The Balaban J connectivity index is 2.22. The van der Waals surface area contributed by atoms with Crippen molar-refractivity contribution >= 4 is 23.3 Å². The topological polar surface area (TPSA) is 52.6 Å². The molecule has 0 bridgehead atoms. The molecule has 0 aromatic heterocycles. The third-order valence-corrected chi connectivity index (χ3v) is 4.47. The maximum Gasteiger partial charge on any atom is 0.441 e. The van der Waals surface area contributed by atoms with E-state index in [1.165, 1.54) is 19.1 Å². The molecule has 2 aromatic rings. The van der Waals surface area contributed by atoms with Crippen LogP contribution in [-0.4, -0.2) is 22.2 Å². The second-order valence-corrected chi connectivity index (χ2v) is 6.18. The number of amides is 2. The van der Waals surface area contributed by atoms with Crippen LogP contribution in [0.2, 0.25) is 5.02 Å². The van der Waals surface area contributed by atoms with Gasteiger partial charge in [0.15, 0.2) is 0 Å². The van der Waals surface area contributed by atoms with Crippen LogP contribution in [0.4, 0.5) is 23.7 Å². The summed E-state index contributed by atoms with van der Waals surface area (Å²) >= 11 is 5.83. The molecule has 2 unspecified atom stereocenters. The maximum absolute atomic E-state index is 13.9. The summed E-state index contributed by atoms with van der Waals surface area (Å²) < 4.78 is 41.8. The van der Waals surface area contributed by atoms with E-state index in [9.17, 15) is 23.1 Å². The number of hydrogen-bond acceptors (Lipinski definition) is 2. The van der Waals surface area contributed by atoms with Gasteiger partial charge in [0.2, 0.25) is 0 Å². The van der Waals surface area contributed by atoms with Crippen molar-refractivity contribution in [1.82, 2.24) is 4.90 Å². The van der Waals surface area contributed by atoms with E-state index in [-0.39, 0.29) is 10.7 Å². The molecule has 4 nitrogen and oxygen atoms in total. The number of carbonyl (C=O) groups is 1. The Bertz CT molecular complexity index is 813. The smallest absolute Gasteiger partial charge is 0.360 e. The van der Waals surface area contributed by atoms with Gasteiger partial charge in [-0.05, 0) is 30.7 Å². The number of carbonyl (C=O) groups excluding carboxylic acids is 1. The van der Waals surface area contributed by atoms with Gasteiger partial charge >= 0.3 is 12.2 Å². The van der Waals surface area contributed by atoms with Crippen molar-refractivity contribution in [3.05, 3.63) is 64.7 Å². The monoisotopic (exact) mass is 370 g/mol. The quantitative estimate of drug-likeness (QED) is 0.808. The molecule has 2 N–H and O–H groups in total. The standard InChI is InChI=1S/C17H14ClF3N2O2/c1-10(11-5-3-2-4-6-11)23-15(24)22-14-8-7-12(18)9-13(14)16(23,25)17(19,20)21/h2-10,25H,1H3,(H,22,24). The first kappa shape index (κ1) is 17.6. The summed E-state index contributed by atoms with van der Waals surface area (Å²) in [7, 11) is 0. The normalized spacial score (nSPS) is 21.5. The molecule has 0 saturated carbocycles. The third-order valence-electron chi connectivity index (χ3n) is 4.23. The summed E-state index contributed by atoms with van der Waals surface area (Å²) in [5.74, 6) is 0. The molecule has 1 heterocycles. The highest BCUT2D eigenvalue weighted by Crippen LogP contribution is 2.50. The first-order valence-corrected chi connectivity index (χ1v) is 7.78. The van der Waals surface area contributed by atoms with Crippen LogP contribution in [0.25, 0.3) is 0 Å². The fourth-order valence-corrected chi connectivity index (χ4v) is 3.16. The van der Waals surface area contributed by atoms with Gasteiger partial charge in [0.05, 0.1) is 11.7 Å². The van der Waals surface area contributed by atoms with Crippen molar-refractivity contribution < 1.29 is 23.1 Å². The number of fused-ring (bicyclic) bond motifs is 1. The van der Waals surface area contributed by atoms with Gasteiger partial charge in [-0.15, -0.1) is 0 Å². The van der Waals surface area contributed by atoms with Crippen molar-refractivity contribution in [3.8, 4) is 0 Å². The molecule has 132 valence electrons. The first-order valence-electron chi connectivity index (χ1n) is 7.40. The molecular weight excluding hydrogens is 357 g/mol. The second kappa shape index (κ2) is 5.93. The van der Waals surface area contributed by atoms with Crippen LogP contribution in [0.5, 0.6) is 0 Å². The molecular formula is C17H14ClF3N2O2. The fourth-order valence-electron chi connectivity index (χ4n) is 2.99. The number of benzene rings is 2. The number of aliphatic hydroxyl groups is 1. The predicted octanol–water partition coefficient (Wildman–Crippen LogP) is 4.66. The van der Waals surface area contributed by atoms with E-state index < -0.39 is 29.5 Å². The number of nitrogens with one attached hydrogen (secondary N) is 1. The Morgan fingerprint density at radius 1 is 1.20 bits per heavy atom. The van der Waals surface area contributed by atoms with Crippen LogP contribution in [0.1, 0.15) is 24.1 Å². The van der Waals surface area contributed by atoms with Crippen LogP contribution >= 0.6 is 11.6 Å². The molecule has 0 aliphatic carbocycles. The van der Waals surface area contributed by atoms with E-state index in [1.54, 1.807) is 30.3 Å². The zero-order valence-electron chi connectivity index (χ0n) is 13.0. The molecule has 8 heteroatoms. The molecule has 2 atom stereocenters. The van der Waals surface area contributed by atoms with Crippen molar-refractivity contribution in [2.24, 2.45) is 0 Å². The lowest BCUT2D eigenvalue weighted by molar-refractivity contribution is -0.319. The second-order valence-electron chi connectivity index (χ2n) is 5.75. The molecule has 0 radical (unpaired) electrons. The zero-order chi connectivity index (χ0) is 18.4. The van der Waals surface area contributed by atoms with Gasteiger partial charge in [0, 0.05) is 10.6 Å². The Kier molecular flexibility index (Phi) is 4.17. The van der Waals surface area contributed by atoms with Crippen molar-refractivity contribution in [2.75, 3.05) is 5.32 Å². The SMILES string of the molecule is CC(c1ccccc1)N1C(=O)Nc2ccc(Cl)cc2C1(O)C(F)(F)F. The zero-order valence-corrected chi connectivity index (χ0v) is 13.8. The van der Waals surface area contributed by atoms with Crippen LogP contribution in [0.15, 0.2) is 48.5 Å². The van der Waals surface area contributed by atoms with Gasteiger partial charge in [0.1, 0.15) is 0 Å². The summed E-state index contributed by atoms with van der Waals surface area (Å²) in [6.45, 7) is 1.42. The molecule has 1 aliphatic heterocycles. The minimum absolute atomic E-state index is 0.0184. The predicted molar refractivity (Wildman–Crippen MR) is 87.1 cm³/mol. The van der Waals surface area contributed by atoms with Crippen LogP contribution in [0, 0.1) is 0 Å². The first-order chi connectivity index (χ1) is 11.7. The number of anilines is 1. The summed E-state index contributed by atoms with van der Waals surface area (Å²) in [4.78, 5) is 12.8. The molecule has 2 aromatic carbocycles. The number of halogens is 4. The number of rotatable bonds is 2. The Hall–Kier alpha value is -2.25. The highest BCUT2D eigenvalue weighted by atomic mass is 35.5. The number of urea groups is 1. The summed E-state index contributed by atoms with van der Waals surface area (Å²) in [5, 5.41) is 13.1. The van der Waals surface area contributed by atoms with Crippen molar-refractivity contribution in [3.63, 3.8) is 0 Å². The Morgan fingerprint density at radius 2 is 1.84 bits per heavy atom. The minimum atomic E-state index is -5.13. The molecule has 0 fully saturated rings. The largest absolute Gasteiger partial charge is 0.441 e.